The molecular formula is C6H2BrF2NO5S. The Morgan fingerprint density at radius 2 is 1.94 bits per heavy atom. The minimum Gasteiger partial charge on any atom is -0.282 e. The predicted molar refractivity (Wildman–Crippen MR) is 50.5 cm³/mol. The molecule has 0 spiro atoms. The molecule has 0 heterocycles. The van der Waals surface area contributed by atoms with Crippen LogP contribution in [-0.4, -0.2) is 17.9 Å². The number of hydrogen-bond donors (Lipinski definition) is 1. The van der Waals surface area contributed by atoms with Crippen LogP contribution < -0.4 is 0 Å². The zero-order chi connectivity index (χ0) is 12.7. The molecule has 88 valence electrons. The molecule has 6 nitrogen and oxygen atoms in total. The molecule has 0 saturated carbocycles. The van der Waals surface area contributed by atoms with Crippen LogP contribution in [0, 0.1) is 21.7 Å². The van der Waals surface area contributed by atoms with Gasteiger partial charge >= 0.3 is 15.8 Å². The Kier molecular flexibility index (Phi) is 3.26. The first kappa shape index (κ1) is 12.9. The van der Waals surface area contributed by atoms with Crippen LogP contribution in [0.25, 0.3) is 0 Å². The highest BCUT2D eigenvalue weighted by atomic mass is 79.9. The van der Waals surface area contributed by atoms with E-state index in [1.165, 1.54) is 0 Å². The van der Waals surface area contributed by atoms with Crippen molar-refractivity contribution < 1.29 is 26.7 Å². The van der Waals surface area contributed by atoms with Crippen molar-refractivity contribution in [2.24, 2.45) is 0 Å². The second kappa shape index (κ2) is 4.03. The maximum atomic E-state index is 13.0. The lowest BCUT2D eigenvalue weighted by Crippen LogP contribution is -2.08. The van der Waals surface area contributed by atoms with E-state index in [0.29, 0.717) is 6.07 Å². The molecule has 16 heavy (non-hydrogen) atoms. The molecule has 0 bridgehead atoms. The average Bonchev–Trinajstić information content (AvgIpc) is 2.07. The number of nitro groups is 1. The van der Waals surface area contributed by atoms with Crippen LogP contribution in [0.4, 0.5) is 14.5 Å². The summed E-state index contributed by atoms with van der Waals surface area (Å²) in [7, 11) is -5.04. The highest BCUT2D eigenvalue weighted by Crippen LogP contribution is 2.34. The smallest absolute Gasteiger partial charge is 0.282 e. The molecule has 1 aromatic rings. The van der Waals surface area contributed by atoms with Crippen LogP contribution in [0.5, 0.6) is 0 Å². The van der Waals surface area contributed by atoms with E-state index < -0.39 is 41.7 Å². The molecule has 0 saturated heterocycles. The molecule has 0 atom stereocenters. The van der Waals surface area contributed by atoms with Gasteiger partial charge in [0.25, 0.3) is 0 Å². The van der Waals surface area contributed by atoms with Gasteiger partial charge in [0.15, 0.2) is 10.7 Å². The summed E-state index contributed by atoms with van der Waals surface area (Å²) in [4.78, 5) is 7.64. The largest absolute Gasteiger partial charge is 0.330 e. The van der Waals surface area contributed by atoms with Gasteiger partial charge < -0.3 is 0 Å². The molecule has 0 aliphatic carbocycles. The second-order valence-corrected chi connectivity index (χ2v) is 4.78. The molecule has 1 rings (SSSR count). The Labute approximate surface area is 95.9 Å². The zero-order valence-corrected chi connectivity index (χ0v) is 9.55. The minimum absolute atomic E-state index is 0.367. The second-order valence-electron chi connectivity index (χ2n) is 2.56. The maximum Gasteiger partial charge on any atom is 0.330 e. The lowest BCUT2D eigenvalue weighted by atomic mass is 10.3. The van der Waals surface area contributed by atoms with Crippen molar-refractivity contribution in [3.8, 4) is 0 Å². The van der Waals surface area contributed by atoms with Crippen LogP contribution in [0.15, 0.2) is 15.4 Å². The van der Waals surface area contributed by atoms with Crippen LogP contribution >= 0.6 is 15.9 Å². The molecule has 10 heteroatoms. The summed E-state index contributed by atoms with van der Waals surface area (Å²) in [5, 5.41) is 10.4. The first-order chi connectivity index (χ1) is 7.16. The van der Waals surface area contributed by atoms with Gasteiger partial charge in [0.1, 0.15) is 0 Å². The van der Waals surface area contributed by atoms with Crippen molar-refractivity contribution in [2.75, 3.05) is 0 Å². The summed E-state index contributed by atoms with van der Waals surface area (Å²) in [6.45, 7) is 0. The van der Waals surface area contributed by atoms with Crippen molar-refractivity contribution in [1.29, 1.82) is 0 Å². The van der Waals surface area contributed by atoms with E-state index in [9.17, 15) is 27.3 Å². The van der Waals surface area contributed by atoms with Crippen LogP contribution in [0.1, 0.15) is 0 Å². The van der Waals surface area contributed by atoms with Gasteiger partial charge in [0.05, 0.1) is 4.92 Å². The molecular weight excluding hydrogens is 316 g/mol. The van der Waals surface area contributed by atoms with E-state index in [0.717, 1.165) is 0 Å². The topological polar surface area (TPSA) is 97.5 Å². The number of nitrogens with zero attached hydrogens (tertiary/aromatic N) is 1. The standard InChI is InChI=1S/C6H2BrF2NO5S/c7-2-1-3(8)4(9)5(10(11)12)6(2)16(13,14)15/h1H,(H,13,14,15). The van der Waals surface area contributed by atoms with E-state index in [4.69, 9.17) is 4.55 Å². The van der Waals surface area contributed by atoms with Crippen LogP contribution in [0.3, 0.4) is 0 Å². The van der Waals surface area contributed by atoms with Crippen molar-refractivity contribution in [3.63, 3.8) is 0 Å². The van der Waals surface area contributed by atoms with E-state index in [1.54, 1.807) is 0 Å². The van der Waals surface area contributed by atoms with Gasteiger partial charge in [-0.3, -0.25) is 14.7 Å². The van der Waals surface area contributed by atoms with Gasteiger partial charge in [0, 0.05) is 4.47 Å². The molecule has 0 amide bonds. The van der Waals surface area contributed by atoms with Gasteiger partial charge in [-0.15, -0.1) is 0 Å². The first-order valence-corrected chi connectivity index (χ1v) is 5.69. The van der Waals surface area contributed by atoms with Crippen LogP contribution in [0.2, 0.25) is 0 Å². The molecule has 0 aromatic heterocycles. The molecule has 0 aliphatic rings. The SMILES string of the molecule is O=[N+]([O-])c1c(F)c(F)cc(Br)c1S(=O)(=O)O. The van der Waals surface area contributed by atoms with E-state index in [-0.39, 0.29) is 0 Å². The highest BCUT2D eigenvalue weighted by Gasteiger charge is 2.34. The predicted octanol–water partition coefficient (Wildman–Crippen LogP) is 1.88. The maximum absolute atomic E-state index is 13.0. The molecule has 0 fully saturated rings. The quantitative estimate of drug-likeness (QED) is 0.389. The molecule has 1 aromatic carbocycles. The molecule has 0 radical (unpaired) electrons. The molecule has 0 unspecified atom stereocenters. The van der Waals surface area contributed by atoms with Crippen LogP contribution in [-0.2, 0) is 10.1 Å². The monoisotopic (exact) mass is 317 g/mol. The minimum atomic E-state index is -5.04. The Morgan fingerprint density at radius 3 is 2.31 bits per heavy atom. The normalized spacial score (nSPS) is 11.5. The van der Waals surface area contributed by atoms with Gasteiger partial charge in [-0.25, -0.2) is 4.39 Å². The van der Waals surface area contributed by atoms with Gasteiger partial charge in [-0.05, 0) is 22.0 Å². The Hall–Kier alpha value is -1.13. The molecule has 1 N–H and O–H groups in total. The fourth-order valence-electron chi connectivity index (χ4n) is 0.975. The summed E-state index contributed by atoms with van der Waals surface area (Å²) < 4.78 is 55.4. The van der Waals surface area contributed by atoms with Gasteiger partial charge in [-0.2, -0.15) is 12.8 Å². The van der Waals surface area contributed by atoms with Crippen molar-refractivity contribution in [1.82, 2.24) is 0 Å². The third-order valence-electron chi connectivity index (χ3n) is 1.54. The fourth-order valence-corrected chi connectivity index (χ4v) is 2.69. The fraction of sp³-hybridized carbons (Fsp3) is 0. The lowest BCUT2D eigenvalue weighted by molar-refractivity contribution is -0.391. The number of nitro benzene ring substituents is 1. The number of hydrogen-bond acceptors (Lipinski definition) is 4. The summed E-state index contributed by atoms with van der Waals surface area (Å²) in [5.74, 6) is -3.56. The Balaban J connectivity index is 3.86. The Morgan fingerprint density at radius 1 is 1.44 bits per heavy atom. The average molecular weight is 318 g/mol. The number of benzene rings is 1. The van der Waals surface area contributed by atoms with Crippen molar-refractivity contribution >= 4 is 31.7 Å². The molecule has 0 aliphatic heterocycles. The highest BCUT2D eigenvalue weighted by molar-refractivity contribution is 9.10. The number of halogens is 3. The third kappa shape index (κ3) is 2.18. The zero-order valence-electron chi connectivity index (χ0n) is 7.15. The van der Waals surface area contributed by atoms with E-state index in [1.807, 2.05) is 0 Å². The summed E-state index contributed by atoms with van der Waals surface area (Å²) in [6.07, 6.45) is 0. The van der Waals surface area contributed by atoms with Gasteiger partial charge in [0.2, 0.25) is 5.82 Å². The van der Waals surface area contributed by atoms with Gasteiger partial charge in [-0.1, -0.05) is 0 Å². The summed E-state index contributed by atoms with van der Waals surface area (Å²) in [6, 6.07) is 0.367. The third-order valence-corrected chi connectivity index (χ3v) is 3.36. The van der Waals surface area contributed by atoms with E-state index in [2.05, 4.69) is 15.9 Å². The summed E-state index contributed by atoms with van der Waals surface area (Å²) in [5.41, 5.74) is -1.64. The van der Waals surface area contributed by atoms with Crippen molar-refractivity contribution in [3.05, 3.63) is 32.3 Å². The summed E-state index contributed by atoms with van der Waals surface area (Å²) >= 11 is 2.49. The van der Waals surface area contributed by atoms with Crippen molar-refractivity contribution in [2.45, 2.75) is 4.90 Å². The first-order valence-electron chi connectivity index (χ1n) is 3.45. The number of rotatable bonds is 2. The Bertz CT molecular complexity index is 573. The van der Waals surface area contributed by atoms with E-state index >= 15 is 0 Å². The lowest BCUT2D eigenvalue weighted by Gasteiger charge is -2.03.